The average Bonchev–Trinajstić information content (AvgIpc) is 2.68. The lowest BCUT2D eigenvalue weighted by Crippen LogP contribution is -2.27. The van der Waals surface area contributed by atoms with Gasteiger partial charge in [0.25, 0.3) is 5.91 Å². The lowest BCUT2D eigenvalue weighted by Gasteiger charge is -2.17. The van der Waals surface area contributed by atoms with Crippen molar-refractivity contribution >= 4 is 23.3 Å². The van der Waals surface area contributed by atoms with E-state index in [0.717, 1.165) is 11.3 Å². The highest BCUT2D eigenvalue weighted by atomic mass is 16.2. The zero-order valence-corrected chi connectivity index (χ0v) is 16.1. The lowest BCUT2D eigenvalue weighted by molar-refractivity contribution is 0.0779. The van der Waals surface area contributed by atoms with Crippen molar-refractivity contribution in [3.05, 3.63) is 83.2 Å². The fourth-order valence-electron chi connectivity index (χ4n) is 2.78. The summed E-state index contributed by atoms with van der Waals surface area (Å²) in [6.07, 6.45) is 0. The highest BCUT2D eigenvalue weighted by Crippen LogP contribution is 2.16. The number of nitrogens with one attached hydrogen (secondary N) is 1. The van der Waals surface area contributed by atoms with Crippen molar-refractivity contribution in [2.45, 2.75) is 20.4 Å². The summed E-state index contributed by atoms with van der Waals surface area (Å²) in [4.78, 5) is 34.5. The minimum absolute atomic E-state index is 0.00712. The van der Waals surface area contributed by atoms with E-state index in [-0.39, 0.29) is 11.7 Å². The zero-order chi connectivity index (χ0) is 20.1. The fraction of sp³-hybridized carbons (Fsp3) is 0.182. The molecule has 0 radical (unpaired) electrons. The SMILES string of the molecule is CC(=O)c1ccc(Nc2nc(C)cc(C(=O)N(C)Cc3ccccc3)n2)cc1. The number of Topliss-reactive ketones (excluding diaryl/α,β-unsaturated/α-hetero) is 1. The van der Waals surface area contributed by atoms with Gasteiger partial charge in [0, 0.05) is 30.5 Å². The maximum absolute atomic E-state index is 12.8. The molecule has 6 heteroatoms. The van der Waals surface area contributed by atoms with Crippen molar-refractivity contribution < 1.29 is 9.59 Å². The van der Waals surface area contributed by atoms with E-state index in [0.29, 0.717) is 29.4 Å². The summed E-state index contributed by atoms with van der Waals surface area (Å²) in [5.41, 5.74) is 3.44. The average molecular weight is 374 g/mol. The number of ketones is 1. The number of hydrogen-bond acceptors (Lipinski definition) is 5. The summed E-state index contributed by atoms with van der Waals surface area (Å²) < 4.78 is 0. The molecule has 1 heterocycles. The van der Waals surface area contributed by atoms with Crippen LogP contribution < -0.4 is 5.32 Å². The maximum Gasteiger partial charge on any atom is 0.272 e. The highest BCUT2D eigenvalue weighted by molar-refractivity contribution is 5.94. The van der Waals surface area contributed by atoms with Crippen molar-refractivity contribution in [3.63, 3.8) is 0 Å². The molecule has 0 saturated carbocycles. The molecule has 3 rings (SSSR count). The Bertz CT molecular complexity index is 985. The molecule has 0 unspecified atom stereocenters. The number of carbonyl (C=O) groups is 2. The van der Waals surface area contributed by atoms with Gasteiger partial charge in [-0.2, -0.15) is 0 Å². The molecule has 0 fully saturated rings. The van der Waals surface area contributed by atoms with E-state index in [1.807, 2.05) is 37.3 Å². The second-order valence-corrected chi connectivity index (χ2v) is 6.62. The highest BCUT2D eigenvalue weighted by Gasteiger charge is 2.16. The fourth-order valence-corrected chi connectivity index (χ4v) is 2.78. The number of amides is 1. The first-order chi connectivity index (χ1) is 13.4. The molecule has 0 spiro atoms. The molecule has 3 aromatic rings. The first-order valence-electron chi connectivity index (χ1n) is 8.95. The van der Waals surface area contributed by atoms with Crippen molar-refractivity contribution in [1.82, 2.24) is 14.9 Å². The van der Waals surface area contributed by atoms with Gasteiger partial charge in [0.15, 0.2) is 5.78 Å². The van der Waals surface area contributed by atoms with E-state index in [1.165, 1.54) is 6.92 Å². The van der Waals surface area contributed by atoms with Crippen LogP contribution in [0, 0.1) is 6.92 Å². The molecule has 142 valence electrons. The second-order valence-electron chi connectivity index (χ2n) is 6.62. The number of benzene rings is 2. The second kappa shape index (κ2) is 8.43. The van der Waals surface area contributed by atoms with Crippen molar-refractivity contribution in [3.8, 4) is 0 Å². The largest absolute Gasteiger partial charge is 0.336 e. The molecule has 1 amide bonds. The Balaban J connectivity index is 1.76. The summed E-state index contributed by atoms with van der Waals surface area (Å²) in [5, 5.41) is 3.09. The quantitative estimate of drug-likeness (QED) is 0.660. The standard InChI is InChI=1S/C22H22N4O2/c1-15-13-20(21(28)26(3)14-17-7-5-4-6-8-17)25-22(23-15)24-19-11-9-18(10-12-19)16(2)27/h4-13H,14H2,1-3H3,(H,23,24,25). The van der Waals surface area contributed by atoms with Crippen LogP contribution in [0.5, 0.6) is 0 Å². The van der Waals surface area contributed by atoms with Crippen LogP contribution in [0.15, 0.2) is 60.7 Å². The van der Waals surface area contributed by atoms with Gasteiger partial charge in [0.05, 0.1) is 0 Å². The third-order valence-corrected chi connectivity index (χ3v) is 4.23. The number of rotatable bonds is 6. The van der Waals surface area contributed by atoms with E-state index in [1.54, 1.807) is 42.3 Å². The van der Waals surface area contributed by atoms with E-state index in [2.05, 4.69) is 15.3 Å². The Morgan fingerprint density at radius 1 is 1.00 bits per heavy atom. The molecule has 28 heavy (non-hydrogen) atoms. The minimum atomic E-state index is -0.177. The Morgan fingerprint density at radius 2 is 1.68 bits per heavy atom. The third-order valence-electron chi connectivity index (χ3n) is 4.23. The molecule has 6 nitrogen and oxygen atoms in total. The van der Waals surface area contributed by atoms with Crippen molar-refractivity contribution in [1.29, 1.82) is 0 Å². The minimum Gasteiger partial charge on any atom is -0.336 e. The monoisotopic (exact) mass is 374 g/mol. The zero-order valence-electron chi connectivity index (χ0n) is 16.1. The molecule has 0 saturated heterocycles. The van der Waals surface area contributed by atoms with Crippen LogP contribution in [0.3, 0.4) is 0 Å². The van der Waals surface area contributed by atoms with Gasteiger partial charge in [0.1, 0.15) is 5.69 Å². The van der Waals surface area contributed by atoms with Gasteiger partial charge in [-0.15, -0.1) is 0 Å². The smallest absolute Gasteiger partial charge is 0.272 e. The summed E-state index contributed by atoms with van der Waals surface area (Å²) in [7, 11) is 1.75. The number of anilines is 2. The van der Waals surface area contributed by atoms with Gasteiger partial charge in [-0.05, 0) is 49.7 Å². The van der Waals surface area contributed by atoms with Crippen LogP contribution in [-0.4, -0.2) is 33.6 Å². The number of aromatic nitrogens is 2. The van der Waals surface area contributed by atoms with Crippen molar-refractivity contribution in [2.75, 3.05) is 12.4 Å². The first kappa shape index (κ1) is 19.2. The van der Waals surface area contributed by atoms with Gasteiger partial charge in [0.2, 0.25) is 5.95 Å². The van der Waals surface area contributed by atoms with Crippen LogP contribution in [-0.2, 0) is 6.54 Å². The van der Waals surface area contributed by atoms with Crippen molar-refractivity contribution in [2.24, 2.45) is 0 Å². The van der Waals surface area contributed by atoms with Gasteiger partial charge >= 0.3 is 0 Å². The number of aryl methyl sites for hydroxylation is 1. The molecule has 0 atom stereocenters. The maximum atomic E-state index is 12.8. The van der Waals surface area contributed by atoms with Crippen LogP contribution in [0.4, 0.5) is 11.6 Å². The van der Waals surface area contributed by atoms with E-state index < -0.39 is 0 Å². The Kier molecular flexibility index (Phi) is 5.79. The van der Waals surface area contributed by atoms with Crippen LogP contribution in [0.25, 0.3) is 0 Å². The summed E-state index contributed by atoms with van der Waals surface area (Å²) >= 11 is 0. The molecule has 1 N–H and O–H groups in total. The van der Waals surface area contributed by atoms with Crippen LogP contribution >= 0.6 is 0 Å². The number of nitrogens with zero attached hydrogens (tertiary/aromatic N) is 3. The molecular weight excluding hydrogens is 352 g/mol. The topological polar surface area (TPSA) is 75.2 Å². The first-order valence-corrected chi connectivity index (χ1v) is 8.95. The van der Waals surface area contributed by atoms with Crippen LogP contribution in [0.1, 0.15) is 39.0 Å². The predicted octanol–water partition coefficient (Wildman–Crippen LogP) is 4.00. The Morgan fingerprint density at radius 3 is 2.32 bits per heavy atom. The summed E-state index contributed by atoms with van der Waals surface area (Å²) in [5.74, 6) is 0.170. The number of carbonyl (C=O) groups excluding carboxylic acids is 2. The molecule has 0 bridgehead atoms. The Labute approximate surface area is 164 Å². The van der Waals surface area contributed by atoms with Crippen LogP contribution in [0.2, 0.25) is 0 Å². The van der Waals surface area contributed by atoms with Gasteiger partial charge in [-0.25, -0.2) is 9.97 Å². The number of hydrogen-bond donors (Lipinski definition) is 1. The molecule has 0 aliphatic carbocycles. The molecule has 2 aromatic carbocycles. The van der Waals surface area contributed by atoms with E-state index in [9.17, 15) is 9.59 Å². The lowest BCUT2D eigenvalue weighted by atomic mass is 10.1. The van der Waals surface area contributed by atoms with E-state index >= 15 is 0 Å². The van der Waals surface area contributed by atoms with Gasteiger partial charge in [-0.1, -0.05) is 30.3 Å². The molecule has 0 aliphatic heterocycles. The normalized spacial score (nSPS) is 10.4. The van der Waals surface area contributed by atoms with E-state index in [4.69, 9.17) is 0 Å². The van der Waals surface area contributed by atoms with Gasteiger partial charge < -0.3 is 10.2 Å². The molecular formula is C22H22N4O2. The summed E-state index contributed by atoms with van der Waals surface area (Å²) in [6.45, 7) is 3.84. The summed E-state index contributed by atoms with van der Waals surface area (Å²) in [6, 6.07) is 18.5. The Hall–Kier alpha value is -3.54. The third kappa shape index (κ3) is 4.79. The molecule has 0 aliphatic rings. The molecule has 1 aromatic heterocycles. The predicted molar refractivity (Wildman–Crippen MR) is 109 cm³/mol. The van der Waals surface area contributed by atoms with Gasteiger partial charge in [-0.3, -0.25) is 9.59 Å².